The Morgan fingerprint density at radius 3 is 2.85 bits per heavy atom. The number of aliphatic imine (C=N–C) groups is 1. The maximum Gasteiger partial charge on any atom is 0.191 e. The van der Waals surface area contributed by atoms with Crippen molar-refractivity contribution in [3.8, 4) is 0 Å². The van der Waals surface area contributed by atoms with Crippen molar-refractivity contribution in [2.45, 2.75) is 12.8 Å². The molecule has 0 radical (unpaired) electrons. The van der Waals surface area contributed by atoms with Gasteiger partial charge in [-0.15, -0.1) is 0 Å². The molecule has 0 fully saturated rings. The lowest BCUT2D eigenvalue weighted by atomic mass is 10.1. The van der Waals surface area contributed by atoms with Gasteiger partial charge >= 0.3 is 0 Å². The Hall–Kier alpha value is -2.12. The smallest absolute Gasteiger partial charge is 0.191 e. The van der Waals surface area contributed by atoms with Crippen LogP contribution in [0.2, 0.25) is 0 Å². The number of benzene rings is 1. The van der Waals surface area contributed by atoms with Crippen LogP contribution in [0.5, 0.6) is 0 Å². The number of nitrogens with one attached hydrogen (secondary N) is 3. The van der Waals surface area contributed by atoms with Crippen molar-refractivity contribution in [2.24, 2.45) is 4.99 Å². The lowest BCUT2D eigenvalue weighted by Crippen LogP contribution is -2.41. The number of hydrogen-bond acceptors (Lipinski definition) is 3. The van der Waals surface area contributed by atoms with Crippen molar-refractivity contribution in [1.82, 2.24) is 20.5 Å². The van der Waals surface area contributed by atoms with Gasteiger partial charge in [0.05, 0.1) is 0 Å². The molecule has 0 saturated carbocycles. The average Bonchev–Trinajstić information content (AvgIpc) is 3.02. The maximum atomic E-state index is 13.2. The van der Waals surface area contributed by atoms with Crippen LogP contribution in [-0.2, 0) is 11.2 Å². The number of methoxy groups -OCH3 is 1. The first-order chi connectivity index (χ1) is 12.6. The number of hydrogen-bond donors (Lipinski definition) is 3. The van der Waals surface area contributed by atoms with Crippen LogP contribution in [0.4, 0.5) is 4.39 Å². The van der Waals surface area contributed by atoms with E-state index in [9.17, 15) is 4.39 Å². The molecule has 3 N–H and O–H groups in total. The number of nitrogens with zero attached hydrogens (tertiary/aromatic N) is 2. The first-order valence-corrected chi connectivity index (χ1v) is 9.01. The second kappa shape index (κ2) is 10.8. The molecule has 0 atom stereocenters. The van der Waals surface area contributed by atoms with E-state index >= 15 is 0 Å². The van der Waals surface area contributed by atoms with E-state index in [1.165, 1.54) is 17.7 Å². The summed E-state index contributed by atoms with van der Waals surface area (Å²) >= 11 is 0. The number of ether oxygens (including phenoxy) is 1. The molecule has 0 spiro atoms. The average molecular weight is 363 g/mol. The van der Waals surface area contributed by atoms with Crippen molar-refractivity contribution >= 4 is 16.9 Å². The van der Waals surface area contributed by atoms with Crippen molar-refractivity contribution in [2.75, 3.05) is 54.0 Å². The lowest BCUT2D eigenvalue weighted by molar-refractivity contribution is 0.180. The van der Waals surface area contributed by atoms with Crippen molar-refractivity contribution in [3.05, 3.63) is 35.8 Å². The quantitative estimate of drug-likeness (QED) is 0.343. The summed E-state index contributed by atoms with van der Waals surface area (Å²) in [5.74, 6) is 0.571. The van der Waals surface area contributed by atoms with E-state index in [0.717, 1.165) is 62.5 Å². The highest BCUT2D eigenvalue weighted by Crippen LogP contribution is 2.19. The molecule has 0 aliphatic rings. The molecule has 1 aromatic carbocycles. The molecule has 1 heterocycles. The van der Waals surface area contributed by atoms with Crippen LogP contribution in [0.25, 0.3) is 10.9 Å². The molecular formula is C19H30FN5O. The number of H-pyrrole nitrogens is 1. The molecule has 0 unspecified atom stereocenters. The molecule has 1 aromatic heterocycles. The van der Waals surface area contributed by atoms with Crippen molar-refractivity contribution in [3.63, 3.8) is 0 Å². The second-order valence-electron chi connectivity index (χ2n) is 6.33. The Morgan fingerprint density at radius 2 is 2.08 bits per heavy atom. The van der Waals surface area contributed by atoms with Gasteiger partial charge in [0, 0.05) is 64.0 Å². The number of halogens is 1. The maximum absolute atomic E-state index is 13.2. The highest BCUT2D eigenvalue weighted by atomic mass is 19.1. The third-order valence-electron chi connectivity index (χ3n) is 4.31. The first-order valence-electron chi connectivity index (χ1n) is 9.01. The fourth-order valence-electron chi connectivity index (χ4n) is 2.86. The van der Waals surface area contributed by atoms with Gasteiger partial charge in [-0.05, 0) is 43.7 Å². The lowest BCUT2D eigenvalue weighted by Gasteiger charge is -2.18. The minimum Gasteiger partial charge on any atom is -0.385 e. The van der Waals surface area contributed by atoms with Gasteiger partial charge in [-0.3, -0.25) is 4.99 Å². The zero-order valence-corrected chi connectivity index (χ0v) is 15.9. The van der Waals surface area contributed by atoms with Crippen LogP contribution >= 0.6 is 0 Å². The van der Waals surface area contributed by atoms with Gasteiger partial charge in [0.25, 0.3) is 0 Å². The van der Waals surface area contributed by atoms with E-state index in [1.807, 2.05) is 12.3 Å². The van der Waals surface area contributed by atoms with Crippen molar-refractivity contribution in [1.29, 1.82) is 0 Å². The fourth-order valence-corrected chi connectivity index (χ4v) is 2.86. The van der Waals surface area contributed by atoms with Crippen LogP contribution in [0, 0.1) is 5.82 Å². The fraction of sp³-hybridized carbons (Fsp3) is 0.526. The van der Waals surface area contributed by atoms with Gasteiger partial charge in [0.1, 0.15) is 5.82 Å². The van der Waals surface area contributed by atoms with Crippen LogP contribution in [0.3, 0.4) is 0 Å². The summed E-state index contributed by atoms with van der Waals surface area (Å²) in [6.07, 6.45) is 3.81. The minimum atomic E-state index is -0.221. The molecule has 0 amide bonds. The highest BCUT2D eigenvalue weighted by molar-refractivity contribution is 5.83. The first kappa shape index (κ1) is 20.2. The van der Waals surface area contributed by atoms with Crippen LogP contribution in [-0.4, -0.2) is 69.8 Å². The predicted octanol–water partition coefficient (Wildman–Crippen LogP) is 1.98. The van der Waals surface area contributed by atoms with Gasteiger partial charge in [-0.2, -0.15) is 0 Å². The molecule has 2 rings (SSSR count). The largest absolute Gasteiger partial charge is 0.385 e. The van der Waals surface area contributed by atoms with E-state index in [-0.39, 0.29) is 5.82 Å². The summed E-state index contributed by atoms with van der Waals surface area (Å²) in [6, 6.07) is 4.84. The molecule has 6 nitrogen and oxygen atoms in total. The number of likely N-dealkylation sites (N-methyl/N-ethyl adjacent to an activating group) is 1. The SMILES string of the molecule is CN=C(NCCc1c[nH]c2cc(F)ccc12)NCCN(C)CCCOC. The van der Waals surface area contributed by atoms with Crippen molar-refractivity contribution < 1.29 is 9.13 Å². The summed E-state index contributed by atoms with van der Waals surface area (Å²) in [6.45, 7) is 4.34. The Labute approximate surface area is 154 Å². The monoisotopic (exact) mass is 363 g/mol. The predicted molar refractivity (Wildman–Crippen MR) is 105 cm³/mol. The van der Waals surface area contributed by atoms with Gasteiger partial charge in [0.15, 0.2) is 5.96 Å². The Balaban J connectivity index is 1.70. The van der Waals surface area contributed by atoms with Gasteiger partial charge in [-0.1, -0.05) is 0 Å². The number of rotatable bonds is 10. The summed E-state index contributed by atoms with van der Waals surface area (Å²) < 4.78 is 18.3. The molecule has 7 heteroatoms. The van der Waals surface area contributed by atoms with Gasteiger partial charge in [-0.25, -0.2) is 4.39 Å². The molecule has 0 aliphatic carbocycles. The molecule has 2 aromatic rings. The number of aromatic amines is 1. The number of fused-ring (bicyclic) bond motifs is 1. The number of guanidine groups is 1. The summed E-state index contributed by atoms with van der Waals surface area (Å²) in [5.41, 5.74) is 2.00. The van der Waals surface area contributed by atoms with Gasteiger partial charge < -0.3 is 25.3 Å². The van der Waals surface area contributed by atoms with E-state index < -0.39 is 0 Å². The summed E-state index contributed by atoms with van der Waals surface area (Å²) in [4.78, 5) is 9.64. The normalized spacial score (nSPS) is 12.1. The Bertz CT molecular complexity index is 700. The van der Waals surface area contributed by atoms with E-state index in [2.05, 4.69) is 32.6 Å². The molecule has 0 bridgehead atoms. The highest BCUT2D eigenvalue weighted by Gasteiger charge is 2.05. The minimum absolute atomic E-state index is 0.221. The van der Waals surface area contributed by atoms with E-state index in [1.54, 1.807) is 14.2 Å². The zero-order chi connectivity index (χ0) is 18.8. The molecule has 144 valence electrons. The number of aromatic nitrogens is 1. The molecule has 0 saturated heterocycles. The Kier molecular flexibility index (Phi) is 8.37. The van der Waals surface area contributed by atoms with Crippen LogP contribution < -0.4 is 10.6 Å². The van der Waals surface area contributed by atoms with Crippen LogP contribution in [0.1, 0.15) is 12.0 Å². The Morgan fingerprint density at radius 1 is 1.27 bits per heavy atom. The third kappa shape index (κ3) is 6.31. The summed E-state index contributed by atoms with van der Waals surface area (Å²) in [7, 11) is 5.60. The standard InChI is InChI=1S/C19H30FN5O/c1-21-19(23-9-11-25(2)10-4-12-26-3)22-8-7-15-14-24-18-13-16(20)5-6-17(15)18/h5-6,13-14,24H,4,7-12H2,1-3H3,(H2,21,22,23). The molecule has 26 heavy (non-hydrogen) atoms. The van der Waals surface area contributed by atoms with E-state index in [0.29, 0.717) is 0 Å². The topological polar surface area (TPSA) is 64.7 Å². The summed E-state index contributed by atoms with van der Waals surface area (Å²) in [5, 5.41) is 7.71. The molecule has 0 aliphatic heterocycles. The zero-order valence-electron chi connectivity index (χ0n) is 15.9. The van der Waals surface area contributed by atoms with E-state index in [4.69, 9.17) is 4.74 Å². The molecular weight excluding hydrogens is 333 g/mol. The third-order valence-corrected chi connectivity index (χ3v) is 4.31. The van der Waals surface area contributed by atoms with Gasteiger partial charge in [0.2, 0.25) is 0 Å². The second-order valence-corrected chi connectivity index (χ2v) is 6.33. The van der Waals surface area contributed by atoms with Crippen LogP contribution in [0.15, 0.2) is 29.4 Å².